The number of furan rings is 1. The van der Waals surface area contributed by atoms with Crippen LogP contribution in [0.15, 0.2) is 39.7 Å². The molecule has 1 saturated heterocycles. The van der Waals surface area contributed by atoms with Crippen LogP contribution in [-0.2, 0) is 13.6 Å². The highest BCUT2D eigenvalue weighted by Gasteiger charge is 2.29. The zero-order chi connectivity index (χ0) is 17.2. The zero-order valence-corrected chi connectivity index (χ0v) is 14.1. The molecule has 3 aromatic heterocycles. The number of aromatic nitrogens is 4. The van der Waals surface area contributed by atoms with Crippen LogP contribution in [0.2, 0.25) is 0 Å². The molecule has 8 heteroatoms. The maximum Gasteiger partial charge on any atom is 0.293 e. The molecule has 0 aliphatic carbocycles. The van der Waals surface area contributed by atoms with Crippen LogP contribution in [0.5, 0.6) is 0 Å². The molecule has 132 valence electrons. The minimum atomic E-state index is -0.516. The van der Waals surface area contributed by atoms with Crippen LogP contribution in [0.4, 0.5) is 0 Å². The summed E-state index contributed by atoms with van der Waals surface area (Å²) < 4.78 is 12.4. The van der Waals surface area contributed by atoms with E-state index in [1.807, 2.05) is 17.8 Å². The molecule has 0 radical (unpaired) electrons. The summed E-state index contributed by atoms with van der Waals surface area (Å²) in [6.07, 6.45) is 6.48. The van der Waals surface area contributed by atoms with E-state index in [4.69, 9.17) is 8.94 Å². The van der Waals surface area contributed by atoms with Crippen molar-refractivity contribution in [2.45, 2.75) is 25.5 Å². The molecule has 0 aromatic carbocycles. The van der Waals surface area contributed by atoms with Gasteiger partial charge in [0.1, 0.15) is 11.9 Å². The molecule has 1 atom stereocenters. The summed E-state index contributed by atoms with van der Waals surface area (Å²) in [5.41, 5.74) is 0. The average Bonchev–Trinajstić information content (AvgIpc) is 3.36. The highest BCUT2D eigenvalue weighted by Crippen LogP contribution is 2.30. The number of hydrogen-bond acceptors (Lipinski definition) is 7. The molecule has 1 N–H and O–H groups in total. The maximum atomic E-state index is 10.5. The third-order valence-electron chi connectivity index (χ3n) is 4.77. The largest absolute Gasteiger partial charge is 0.459 e. The Labute approximate surface area is 145 Å². The Morgan fingerprint density at radius 1 is 1.36 bits per heavy atom. The number of imidazole rings is 1. The van der Waals surface area contributed by atoms with Crippen LogP contribution >= 0.6 is 0 Å². The molecule has 0 bridgehead atoms. The predicted octanol–water partition coefficient (Wildman–Crippen LogP) is 2.01. The first-order chi connectivity index (χ1) is 12.2. The van der Waals surface area contributed by atoms with Gasteiger partial charge < -0.3 is 18.6 Å². The number of hydrogen-bond donors (Lipinski definition) is 1. The van der Waals surface area contributed by atoms with Crippen molar-refractivity contribution in [3.05, 3.63) is 42.4 Å². The molecule has 0 amide bonds. The molecule has 4 rings (SSSR count). The van der Waals surface area contributed by atoms with E-state index in [9.17, 15) is 5.11 Å². The molecule has 1 fully saturated rings. The molecule has 8 nitrogen and oxygen atoms in total. The van der Waals surface area contributed by atoms with Gasteiger partial charge in [-0.1, -0.05) is 5.16 Å². The van der Waals surface area contributed by atoms with Crippen LogP contribution in [0.1, 0.15) is 30.6 Å². The van der Waals surface area contributed by atoms with Gasteiger partial charge in [-0.15, -0.1) is 0 Å². The number of nitrogens with zero attached hydrogens (tertiary/aromatic N) is 5. The van der Waals surface area contributed by atoms with Gasteiger partial charge in [-0.05, 0) is 44.0 Å². The molecule has 0 saturated carbocycles. The van der Waals surface area contributed by atoms with E-state index in [-0.39, 0.29) is 5.92 Å². The third-order valence-corrected chi connectivity index (χ3v) is 4.77. The summed E-state index contributed by atoms with van der Waals surface area (Å²) in [7, 11) is 1.91. The van der Waals surface area contributed by atoms with Gasteiger partial charge in [0.15, 0.2) is 11.6 Å². The van der Waals surface area contributed by atoms with E-state index in [2.05, 4.69) is 20.0 Å². The Bertz CT molecular complexity index is 802. The van der Waals surface area contributed by atoms with E-state index >= 15 is 0 Å². The maximum absolute atomic E-state index is 10.5. The summed E-state index contributed by atoms with van der Waals surface area (Å²) in [5, 5.41) is 14.6. The Hall–Kier alpha value is -2.45. The summed E-state index contributed by atoms with van der Waals surface area (Å²) in [6, 6.07) is 3.58. The van der Waals surface area contributed by atoms with Crippen molar-refractivity contribution in [3.8, 4) is 11.7 Å². The van der Waals surface area contributed by atoms with Crippen molar-refractivity contribution in [2.24, 2.45) is 13.0 Å². The fraction of sp³-hybridized carbons (Fsp3) is 0.471. The fourth-order valence-electron chi connectivity index (χ4n) is 3.32. The first-order valence-corrected chi connectivity index (χ1v) is 8.45. The Morgan fingerprint density at radius 2 is 2.20 bits per heavy atom. The number of aryl methyl sites for hydroxylation is 1. The summed E-state index contributed by atoms with van der Waals surface area (Å²) >= 11 is 0. The van der Waals surface area contributed by atoms with Gasteiger partial charge in [0, 0.05) is 19.4 Å². The molecule has 1 unspecified atom stereocenters. The van der Waals surface area contributed by atoms with Gasteiger partial charge in [-0.25, -0.2) is 4.98 Å². The van der Waals surface area contributed by atoms with Crippen LogP contribution in [0.25, 0.3) is 11.7 Å². The highest BCUT2D eigenvalue weighted by molar-refractivity contribution is 5.42. The Balaban J connectivity index is 1.33. The van der Waals surface area contributed by atoms with Crippen molar-refractivity contribution in [2.75, 3.05) is 13.1 Å². The number of piperidine rings is 1. The van der Waals surface area contributed by atoms with E-state index in [1.165, 1.54) is 0 Å². The Morgan fingerprint density at radius 3 is 2.88 bits per heavy atom. The molecule has 1 aliphatic rings. The topological polar surface area (TPSA) is 93.3 Å². The first-order valence-electron chi connectivity index (χ1n) is 8.45. The lowest BCUT2D eigenvalue weighted by Gasteiger charge is -2.33. The van der Waals surface area contributed by atoms with Crippen molar-refractivity contribution in [1.82, 2.24) is 24.6 Å². The van der Waals surface area contributed by atoms with Crippen LogP contribution in [0, 0.1) is 5.92 Å². The standard InChI is InChI=1S/C17H21N5O3/c1-21-9-6-18-16(21)15(23)12-4-7-22(8-5-12)11-14-19-17(25-20-14)13-3-2-10-24-13/h2-3,6,9-10,12,15,23H,4-5,7-8,11H2,1H3. The summed E-state index contributed by atoms with van der Waals surface area (Å²) in [4.78, 5) is 10.9. The number of rotatable bonds is 5. The number of aliphatic hydroxyl groups excluding tert-OH is 1. The van der Waals surface area contributed by atoms with Gasteiger partial charge in [0.2, 0.25) is 0 Å². The van der Waals surface area contributed by atoms with E-state index < -0.39 is 6.10 Å². The molecular formula is C17H21N5O3. The van der Waals surface area contributed by atoms with Crippen LogP contribution < -0.4 is 0 Å². The number of likely N-dealkylation sites (tertiary alicyclic amines) is 1. The minimum absolute atomic E-state index is 0.223. The van der Waals surface area contributed by atoms with E-state index in [1.54, 1.807) is 24.6 Å². The number of aliphatic hydroxyl groups is 1. The fourth-order valence-corrected chi connectivity index (χ4v) is 3.32. The van der Waals surface area contributed by atoms with E-state index in [0.29, 0.717) is 24.0 Å². The van der Waals surface area contributed by atoms with Gasteiger partial charge >= 0.3 is 0 Å². The monoisotopic (exact) mass is 343 g/mol. The lowest BCUT2D eigenvalue weighted by atomic mass is 9.90. The smallest absolute Gasteiger partial charge is 0.293 e. The second kappa shape index (κ2) is 6.81. The van der Waals surface area contributed by atoms with Crippen molar-refractivity contribution in [3.63, 3.8) is 0 Å². The lowest BCUT2D eigenvalue weighted by Crippen LogP contribution is -2.35. The molecule has 25 heavy (non-hydrogen) atoms. The van der Waals surface area contributed by atoms with Crippen molar-refractivity contribution in [1.29, 1.82) is 0 Å². The average molecular weight is 343 g/mol. The highest BCUT2D eigenvalue weighted by atomic mass is 16.5. The van der Waals surface area contributed by atoms with Gasteiger partial charge in [-0.3, -0.25) is 4.90 Å². The van der Waals surface area contributed by atoms with Crippen LogP contribution in [-0.4, -0.2) is 42.8 Å². The predicted molar refractivity (Wildman–Crippen MR) is 88.2 cm³/mol. The second-order valence-corrected chi connectivity index (χ2v) is 6.45. The molecule has 4 heterocycles. The summed E-state index contributed by atoms with van der Waals surface area (Å²) in [5.74, 6) is 2.59. The van der Waals surface area contributed by atoms with Crippen molar-refractivity contribution >= 4 is 0 Å². The van der Waals surface area contributed by atoms with Gasteiger partial charge in [-0.2, -0.15) is 4.98 Å². The zero-order valence-electron chi connectivity index (χ0n) is 14.1. The lowest BCUT2D eigenvalue weighted by molar-refractivity contribution is 0.0484. The summed E-state index contributed by atoms with van der Waals surface area (Å²) in [6.45, 7) is 2.41. The van der Waals surface area contributed by atoms with Gasteiger partial charge in [0.25, 0.3) is 5.89 Å². The van der Waals surface area contributed by atoms with Gasteiger partial charge in [0.05, 0.1) is 12.8 Å². The minimum Gasteiger partial charge on any atom is -0.459 e. The van der Waals surface area contributed by atoms with Crippen LogP contribution in [0.3, 0.4) is 0 Å². The third kappa shape index (κ3) is 3.35. The molecule has 3 aromatic rings. The Kier molecular flexibility index (Phi) is 4.37. The van der Waals surface area contributed by atoms with E-state index in [0.717, 1.165) is 31.8 Å². The molecular weight excluding hydrogens is 322 g/mol. The second-order valence-electron chi connectivity index (χ2n) is 6.45. The van der Waals surface area contributed by atoms with Crippen molar-refractivity contribution < 1.29 is 14.0 Å². The molecule has 0 spiro atoms. The first kappa shape index (κ1) is 16.0. The molecule has 1 aliphatic heterocycles. The quantitative estimate of drug-likeness (QED) is 0.757. The SMILES string of the molecule is Cn1ccnc1C(O)C1CCN(Cc2noc(-c3ccco3)n2)CC1. The normalized spacial score (nSPS) is 17.8.